The molecule has 0 atom stereocenters. The maximum Gasteiger partial charge on any atom is 0.259 e. The van der Waals surface area contributed by atoms with Crippen molar-refractivity contribution in [3.8, 4) is 0 Å². The van der Waals surface area contributed by atoms with Crippen molar-refractivity contribution in [1.82, 2.24) is 15.0 Å². The molecular weight excluding hydrogens is 208 g/mol. The molecule has 1 aliphatic carbocycles. The minimum Gasteiger partial charge on any atom is -0.393 e. The van der Waals surface area contributed by atoms with Crippen molar-refractivity contribution in [2.45, 2.75) is 30.0 Å². The smallest absolute Gasteiger partial charge is 0.259 e. The van der Waals surface area contributed by atoms with Crippen LogP contribution in [0.5, 0.6) is 0 Å². The number of nitrogens with two attached hydrogens (primary N) is 1. The molecule has 0 unspecified atom stereocenters. The normalized spacial score (nSPS) is 27.3. The molecule has 14 heavy (non-hydrogen) atoms. The first-order valence-electron chi connectivity index (χ1n) is 4.09. The standard InChI is InChI=1S/C6H10N4O3S/c7-14(12,13)6-3-8-10(9-6)4-1-5(11)2-4/h3-5,11H,1-2H2,(H2,7,12,13). The molecule has 1 saturated carbocycles. The van der Waals surface area contributed by atoms with Crippen molar-refractivity contribution in [2.24, 2.45) is 5.14 Å². The molecule has 1 heterocycles. The van der Waals surface area contributed by atoms with E-state index in [2.05, 4.69) is 10.2 Å². The first-order chi connectivity index (χ1) is 6.47. The molecule has 0 bridgehead atoms. The van der Waals surface area contributed by atoms with Crippen molar-refractivity contribution in [1.29, 1.82) is 0 Å². The Hall–Kier alpha value is -0.990. The lowest BCUT2D eigenvalue weighted by atomic mass is 9.90. The number of rotatable bonds is 2. The summed E-state index contributed by atoms with van der Waals surface area (Å²) in [6.45, 7) is 0. The summed E-state index contributed by atoms with van der Waals surface area (Å²) in [6.07, 6.45) is 1.89. The predicted octanol–water partition coefficient (Wildman–Crippen LogP) is -1.38. The summed E-state index contributed by atoms with van der Waals surface area (Å²) >= 11 is 0. The largest absolute Gasteiger partial charge is 0.393 e. The molecule has 2 rings (SSSR count). The van der Waals surface area contributed by atoms with Gasteiger partial charge in [0.15, 0.2) is 0 Å². The van der Waals surface area contributed by atoms with E-state index in [1.165, 1.54) is 4.80 Å². The Morgan fingerprint density at radius 1 is 1.57 bits per heavy atom. The monoisotopic (exact) mass is 218 g/mol. The van der Waals surface area contributed by atoms with Gasteiger partial charge in [-0.3, -0.25) is 0 Å². The van der Waals surface area contributed by atoms with Gasteiger partial charge in [0.2, 0.25) is 5.03 Å². The van der Waals surface area contributed by atoms with Gasteiger partial charge in [-0.25, -0.2) is 13.6 Å². The van der Waals surface area contributed by atoms with Crippen LogP contribution >= 0.6 is 0 Å². The molecule has 1 aromatic rings. The third kappa shape index (κ3) is 1.63. The molecule has 7 nitrogen and oxygen atoms in total. The summed E-state index contributed by atoms with van der Waals surface area (Å²) in [4.78, 5) is 1.28. The molecule has 8 heteroatoms. The molecule has 0 saturated heterocycles. The van der Waals surface area contributed by atoms with Gasteiger partial charge in [0, 0.05) is 0 Å². The Balaban J connectivity index is 2.19. The van der Waals surface area contributed by atoms with E-state index in [0.717, 1.165) is 6.20 Å². The molecule has 78 valence electrons. The maximum atomic E-state index is 10.9. The van der Waals surface area contributed by atoms with Crippen LogP contribution in [0.2, 0.25) is 0 Å². The number of aliphatic hydroxyl groups is 1. The summed E-state index contributed by atoms with van der Waals surface area (Å²) in [5, 5.41) is 21.2. The van der Waals surface area contributed by atoms with E-state index >= 15 is 0 Å². The zero-order valence-electron chi connectivity index (χ0n) is 7.24. The van der Waals surface area contributed by atoms with Crippen LogP contribution in [0.15, 0.2) is 11.2 Å². The van der Waals surface area contributed by atoms with Gasteiger partial charge in [-0.05, 0) is 12.8 Å². The van der Waals surface area contributed by atoms with Crippen LogP contribution < -0.4 is 5.14 Å². The summed E-state index contributed by atoms with van der Waals surface area (Å²) in [6, 6.07) is -0.0134. The Bertz CT molecular complexity index is 434. The molecule has 0 aliphatic heterocycles. The van der Waals surface area contributed by atoms with Gasteiger partial charge < -0.3 is 5.11 Å². The van der Waals surface area contributed by atoms with Crippen molar-refractivity contribution < 1.29 is 13.5 Å². The van der Waals surface area contributed by atoms with Gasteiger partial charge >= 0.3 is 0 Å². The molecule has 0 amide bonds. The van der Waals surface area contributed by atoms with E-state index in [-0.39, 0.29) is 17.2 Å². The second kappa shape index (κ2) is 3.01. The third-order valence-electron chi connectivity index (χ3n) is 2.19. The van der Waals surface area contributed by atoms with E-state index < -0.39 is 10.0 Å². The van der Waals surface area contributed by atoms with E-state index in [1.807, 2.05) is 0 Å². The number of hydrogen-bond acceptors (Lipinski definition) is 5. The molecule has 1 fully saturated rings. The average Bonchev–Trinajstić information content (AvgIpc) is 2.45. The second-order valence-electron chi connectivity index (χ2n) is 3.33. The summed E-state index contributed by atoms with van der Waals surface area (Å²) in [7, 11) is -3.77. The topological polar surface area (TPSA) is 111 Å². The zero-order valence-corrected chi connectivity index (χ0v) is 8.05. The van der Waals surface area contributed by atoms with Crippen LogP contribution in [0, 0.1) is 0 Å². The Kier molecular flexibility index (Phi) is 2.05. The van der Waals surface area contributed by atoms with Gasteiger partial charge in [-0.15, -0.1) is 5.10 Å². The number of aliphatic hydroxyl groups excluding tert-OH is 1. The van der Waals surface area contributed by atoms with Crippen molar-refractivity contribution in [2.75, 3.05) is 0 Å². The van der Waals surface area contributed by atoms with E-state index in [1.54, 1.807) is 0 Å². The molecule has 1 aromatic heterocycles. The Morgan fingerprint density at radius 2 is 2.21 bits per heavy atom. The highest BCUT2D eigenvalue weighted by atomic mass is 32.2. The Labute approximate surface area is 80.6 Å². The van der Waals surface area contributed by atoms with Gasteiger partial charge in [0.1, 0.15) is 0 Å². The van der Waals surface area contributed by atoms with Gasteiger partial charge in [0.25, 0.3) is 10.0 Å². The van der Waals surface area contributed by atoms with E-state index in [0.29, 0.717) is 12.8 Å². The fourth-order valence-electron chi connectivity index (χ4n) is 1.32. The van der Waals surface area contributed by atoms with Crippen LogP contribution in [0.25, 0.3) is 0 Å². The van der Waals surface area contributed by atoms with E-state index in [4.69, 9.17) is 10.2 Å². The second-order valence-corrected chi connectivity index (χ2v) is 4.84. The molecular formula is C6H10N4O3S. The van der Waals surface area contributed by atoms with Crippen molar-refractivity contribution >= 4 is 10.0 Å². The lowest BCUT2D eigenvalue weighted by Crippen LogP contribution is -2.32. The fraction of sp³-hybridized carbons (Fsp3) is 0.667. The molecule has 3 N–H and O–H groups in total. The van der Waals surface area contributed by atoms with Crippen LogP contribution in [0.4, 0.5) is 0 Å². The van der Waals surface area contributed by atoms with Crippen molar-refractivity contribution in [3.63, 3.8) is 0 Å². The van der Waals surface area contributed by atoms with Crippen LogP contribution in [0.1, 0.15) is 18.9 Å². The predicted molar refractivity (Wildman–Crippen MR) is 45.7 cm³/mol. The maximum absolute atomic E-state index is 10.9. The number of nitrogens with zero attached hydrogens (tertiary/aromatic N) is 3. The minimum absolute atomic E-state index is 0.0134. The van der Waals surface area contributed by atoms with Crippen LogP contribution in [0.3, 0.4) is 0 Å². The van der Waals surface area contributed by atoms with Gasteiger partial charge in [-0.1, -0.05) is 0 Å². The van der Waals surface area contributed by atoms with Crippen LogP contribution in [-0.4, -0.2) is 34.6 Å². The number of hydrogen-bond donors (Lipinski definition) is 2. The molecule has 1 aliphatic rings. The fourth-order valence-corrected chi connectivity index (χ4v) is 1.71. The first-order valence-corrected chi connectivity index (χ1v) is 5.64. The highest BCUT2D eigenvalue weighted by molar-refractivity contribution is 7.89. The number of sulfonamides is 1. The van der Waals surface area contributed by atoms with Gasteiger partial charge in [0.05, 0.1) is 18.3 Å². The summed E-state index contributed by atoms with van der Waals surface area (Å²) in [5.74, 6) is 0. The highest BCUT2D eigenvalue weighted by Crippen LogP contribution is 2.30. The Morgan fingerprint density at radius 3 is 2.64 bits per heavy atom. The lowest BCUT2D eigenvalue weighted by Gasteiger charge is -2.29. The zero-order chi connectivity index (χ0) is 10.3. The SMILES string of the molecule is NS(=O)(=O)c1cnn(C2CC(O)C2)n1. The van der Waals surface area contributed by atoms with Crippen molar-refractivity contribution in [3.05, 3.63) is 6.20 Å². The molecule has 0 radical (unpaired) electrons. The van der Waals surface area contributed by atoms with E-state index in [9.17, 15) is 8.42 Å². The number of primary sulfonamides is 1. The number of aromatic nitrogens is 3. The minimum atomic E-state index is -3.77. The summed E-state index contributed by atoms with van der Waals surface area (Å²) < 4.78 is 21.7. The average molecular weight is 218 g/mol. The molecule has 0 spiro atoms. The van der Waals surface area contributed by atoms with Crippen LogP contribution in [-0.2, 0) is 10.0 Å². The third-order valence-corrected chi connectivity index (χ3v) is 2.96. The quantitative estimate of drug-likeness (QED) is 0.635. The lowest BCUT2D eigenvalue weighted by molar-refractivity contribution is 0.0368. The highest BCUT2D eigenvalue weighted by Gasteiger charge is 2.31. The first kappa shape index (κ1) is 9.56. The summed E-state index contributed by atoms with van der Waals surface area (Å²) in [5.41, 5.74) is 0. The van der Waals surface area contributed by atoms with Gasteiger partial charge in [-0.2, -0.15) is 9.90 Å². The molecule has 0 aromatic carbocycles.